The quantitative estimate of drug-likeness (QED) is 0.823. The average Bonchev–Trinajstić information content (AvgIpc) is 2.46. The summed E-state index contributed by atoms with van der Waals surface area (Å²) in [5.74, 6) is -0.368. The minimum atomic E-state index is -0.940. The minimum Gasteiger partial charge on any atom is -0.478 e. The van der Waals surface area contributed by atoms with Crippen molar-refractivity contribution in [2.75, 3.05) is 31.7 Å². The Balaban J connectivity index is 2.03. The number of aromatic carboxylic acids is 1. The van der Waals surface area contributed by atoms with Gasteiger partial charge in [-0.25, -0.2) is 9.78 Å². The maximum absolute atomic E-state index is 11.1. The second-order valence-corrected chi connectivity index (χ2v) is 4.74. The zero-order valence-corrected chi connectivity index (χ0v) is 11.6. The summed E-state index contributed by atoms with van der Waals surface area (Å²) in [5, 5.41) is 12.2. The number of pyridine rings is 1. The molecule has 1 atom stereocenters. The van der Waals surface area contributed by atoms with Gasteiger partial charge in [0.1, 0.15) is 5.82 Å². The fourth-order valence-electron chi connectivity index (χ4n) is 2.06. The number of hydrogen-bond donors (Lipinski definition) is 2. The SMILES string of the molecule is CCCc1cc(C(=O)O)cc(NCC2COCCO2)n1. The van der Waals surface area contributed by atoms with E-state index in [4.69, 9.17) is 14.6 Å². The largest absolute Gasteiger partial charge is 0.478 e. The zero-order chi connectivity index (χ0) is 14.4. The van der Waals surface area contributed by atoms with E-state index in [1.165, 1.54) is 0 Å². The topological polar surface area (TPSA) is 80.7 Å². The van der Waals surface area contributed by atoms with Gasteiger partial charge in [-0.2, -0.15) is 0 Å². The van der Waals surface area contributed by atoms with Gasteiger partial charge < -0.3 is 19.9 Å². The molecular formula is C14H20N2O4. The van der Waals surface area contributed by atoms with E-state index >= 15 is 0 Å². The number of hydrogen-bond acceptors (Lipinski definition) is 5. The van der Waals surface area contributed by atoms with Crippen molar-refractivity contribution in [2.45, 2.75) is 25.9 Å². The third-order valence-electron chi connectivity index (χ3n) is 3.03. The van der Waals surface area contributed by atoms with Crippen LogP contribution < -0.4 is 5.32 Å². The Morgan fingerprint density at radius 3 is 3.00 bits per heavy atom. The van der Waals surface area contributed by atoms with E-state index in [0.717, 1.165) is 18.5 Å². The monoisotopic (exact) mass is 280 g/mol. The summed E-state index contributed by atoms with van der Waals surface area (Å²) in [6, 6.07) is 3.17. The fraction of sp³-hybridized carbons (Fsp3) is 0.571. The number of nitrogens with one attached hydrogen (secondary N) is 1. The number of anilines is 1. The van der Waals surface area contributed by atoms with Crippen molar-refractivity contribution < 1.29 is 19.4 Å². The molecule has 1 aliphatic rings. The summed E-state index contributed by atoms with van der Waals surface area (Å²) in [6.07, 6.45) is 1.67. The standard InChI is InChI=1S/C14H20N2O4/c1-2-3-11-6-10(14(17)18)7-13(16-11)15-8-12-9-19-4-5-20-12/h6-7,12H,2-5,8-9H2,1H3,(H,15,16)(H,17,18). The number of aryl methyl sites for hydroxylation is 1. The lowest BCUT2D eigenvalue weighted by atomic mass is 10.1. The van der Waals surface area contributed by atoms with Gasteiger partial charge in [0.2, 0.25) is 0 Å². The number of carboxylic acids is 1. The Labute approximate surface area is 118 Å². The zero-order valence-electron chi connectivity index (χ0n) is 11.6. The third kappa shape index (κ3) is 4.18. The van der Waals surface area contributed by atoms with Crippen molar-refractivity contribution in [2.24, 2.45) is 0 Å². The van der Waals surface area contributed by atoms with E-state index in [1.54, 1.807) is 12.1 Å². The van der Waals surface area contributed by atoms with Crippen molar-refractivity contribution in [3.05, 3.63) is 23.4 Å². The van der Waals surface area contributed by atoms with Crippen LogP contribution in [0, 0.1) is 0 Å². The Morgan fingerprint density at radius 1 is 1.50 bits per heavy atom. The van der Waals surface area contributed by atoms with Crippen LogP contribution in [0.2, 0.25) is 0 Å². The maximum atomic E-state index is 11.1. The highest BCUT2D eigenvalue weighted by Gasteiger charge is 2.15. The summed E-state index contributed by atoms with van der Waals surface area (Å²) >= 11 is 0. The van der Waals surface area contributed by atoms with E-state index in [1.807, 2.05) is 6.92 Å². The number of aromatic nitrogens is 1. The molecule has 0 aliphatic carbocycles. The van der Waals surface area contributed by atoms with E-state index in [9.17, 15) is 4.79 Å². The van der Waals surface area contributed by atoms with E-state index in [-0.39, 0.29) is 11.7 Å². The first-order chi connectivity index (χ1) is 9.69. The van der Waals surface area contributed by atoms with Crippen molar-refractivity contribution in [3.63, 3.8) is 0 Å². The predicted molar refractivity (Wildman–Crippen MR) is 74.2 cm³/mol. The second-order valence-electron chi connectivity index (χ2n) is 4.74. The van der Waals surface area contributed by atoms with E-state index in [0.29, 0.717) is 32.2 Å². The van der Waals surface area contributed by atoms with Crippen LogP contribution in [0.1, 0.15) is 29.4 Å². The molecule has 6 nitrogen and oxygen atoms in total. The maximum Gasteiger partial charge on any atom is 0.335 e. The van der Waals surface area contributed by atoms with Gasteiger partial charge in [-0.05, 0) is 18.6 Å². The molecule has 2 heterocycles. The summed E-state index contributed by atoms with van der Waals surface area (Å²) in [6.45, 7) is 4.37. The van der Waals surface area contributed by atoms with Crippen LogP contribution >= 0.6 is 0 Å². The minimum absolute atomic E-state index is 0.0198. The molecule has 110 valence electrons. The molecule has 1 aliphatic heterocycles. The molecule has 2 N–H and O–H groups in total. The summed E-state index contributed by atoms with van der Waals surface area (Å²) in [4.78, 5) is 15.5. The molecule has 1 saturated heterocycles. The number of rotatable bonds is 6. The van der Waals surface area contributed by atoms with Gasteiger partial charge >= 0.3 is 5.97 Å². The molecule has 1 fully saturated rings. The van der Waals surface area contributed by atoms with Crippen molar-refractivity contribution in [1.82, 2.24) is 4.98 Å². The smallest absolute Gasteiger partial charge is 0.335 e. The Hall–Kier alpha value is -1.66. The lowest BCUT2D eigenvalue weighted by molar-refractivity contribution is -0.0819. The van der Waals surface area contributed by atoms with Crippen LogP contribution in [0.3, 0.4) is 0 Å². The van der Waals surface area contributed by atoms with Crippen LogP contribution in [-0.2, 0) is 15.9 Å². The summed E-state index contributed by atoms with van der Waals surface area (Å²) < 4.78 is 10.8. The molecule has 0 spiro atoms. The fourth-order valence-corrected chi connectivity index (χ4v) is 2.06. The molecule has 0 saturated carbocycles. The molecule has 1 unspecified atom stereocenters. The number of ether oxygens (including phenoxy) is 2. The molecule has 6 heteroatoms. The summed E-state index contributed by atoms with van der Waals surface area (Å²) in [5.41, 5.74) is 1.04. The van der Waals surface area contributed by atoms with Gasteiger partial charge in [0, 0.05) is 12.2 Å². The molecular weight excluding hydrogens is 260 g/mol. The normalized spacial score (nSPS) is 18.8. The molecule has 0 aromatic carbocycles. The van der Waals surface area contributed by atoms with Crippen LogP contribution in [0.5, 0.6) is 0 Å². The first kappa shape index (κ1) is 14.7. The Kier molecular flexibility index (Phi) is 5.31. The molecule has 1 aromatic heterocycles. The van der Waals surface area contributed by atoms with Gasteiger partial charge in [-0.15, -0.1) is 0 Å². The molecule has 0 radical (unpaired) electrons. The molecule has 20 heavy (non-hydrogen) atoms. The van der Waals surface area contributed by atoms with Gasteiger partial charge in [0.25, 0.3) is 0 Å². The third-order valence-corrected chi connectivity index (χ3v) is 3.03. The molecule has 0 amide bonds. The van der Waals surface area contributed by atoms with Gasteiger partial charge in [0.05, 0.1) is 31.5 Å². The highest BCUT2D eigenvalue weighted by atomic mass is 16.6. The van der Waals surface area contributed by atoms with Crippen LogP contribution in [0.25, 0.3) is 0 Å². The van der Waals surface area contributed by atoms with Crippen molar-refractivity contribution >= 4 is 11.8 Å². The number of carboxylic acid groups (broad SMARTS) is 1. The second kappa shape index (κ2) is 7.21. The predicted octanol–water partition coefficient (Wildman–Crippen LogP) is 1.56. The number of nitrogens with zero attached hydrogens (tertiary/aromatic N) is 1. The number of carbonyl (C=O) groups is 1. The van der Waals surface area contributed by atoms with Crippen LogP contribution in [0.15, 0.2) is 12.1 Å². The average molecular weight is 280 g/mol. The summed E-state index contributed by atoms with van der Waals surface area (Å²) in [7, 11) is 0. The Bertz CT molecular complexity index is 458. The highest BCUT2D eigenvalue weighted by Crippen LogP contribution is 2.13. The van der Waals surface area contributed by atoms with E-state index < -0.39 is 5.97 Å². The van der Waals surface area contributed by atoms with Crippen molar-refractivity contribution in [1.29, 1.82) is 0 Å². The first-order valence-corrected chi connectivity index (χ1v) is 6.86. The highest BCUT2D eigenvalue weighted by molar-refractivity contribution is 5.88. The van der Waals surface area contributed by atoms with Gasteiger partial charge in [0.15, 0.2) is 0 Å². The molecule has 0 bridgehead atoms. The van der Waals surface area contributed by atoms with Gasteiger partial charge in [-0.3, -0.25) is 0 Å². The lowest BCUT2D eigenvalue weighted by Crippen LogP contribution is -2.34. The van der Waals surface area contributed by atoms with Crippen molar-refractivity contribution in [3.8, 4) is 0 Å². The lowest BCUT2D eigenvalue weighted by Gasteiger charge is -2.23. The molecule has 1 aromatic rings. The molecule has 2 rings (SSSR count). The Morgan fingerprint density at radius 2 is 2.35 bits per heavy atom. The van der Waals surface area contributed by atoms with Gasteiger partial charge in [-0.1, -0.05) is 13.3 Å². The van der Waals surface area contributed by atoms with E-state index in [2.05, 4.69) is 10.3 Å². The first-order valence-electron chi connectivity index (χ1n) is 6.86. The van der Waals surface area contributed by atoms with Crippen LogP contribution in [-0.4, -0.2) is 48.5 Å². The van der Waals surface area contributed by atoms with Crippen LogP contribution in [0.4, 0.5) is 5.82 Å².